The molecule has 0 amide bonds. The van der Waals surface area contributed by atoms with Gasteiger partial charge in [0.25, 0.3) is 6.02 Å². The zero-order valence-electron chi connectivity index (χ0n) is 15.3. The molecule has 0 saturated carbocycles. The fraction of sp³-hybridized carbons (Fsp3) is 0.316. The summed E-state index contributed by atoms with van der Waals surface area (Å²) in [6.07, 6.45) is 0. The third-order valence-electron chi connectivity index (χ3n) is 4.41. The fourth-order valence-corrected chi connectivity index (χ4v) is 5.05. The Morgan fingerprint density at radius 2 is 1.93 bits per heavy atom. The topological polar surface area (TPSA) is 67.8 Å². The van der Waals surface area contributed by atoms with Crippen LogP contribution in [0.2, 0.25) is 0 Å². The van der Waals surface area contributed by atoms with E-state index >= 15 is 0 Å². The van der Waals surface area contributed by atoms with E-state index in [1.54, 1.807) is 63.2 Å². The second-order valence-electron chi connectivity index (χ2n) is 7.03. The molecule has 1 aliphatic heterocycles. The summed E-state index contributed by atoms with van der Waals surface area (Å²) in [4.78, 5) is 4.24. The van der Waals surface area contributed by atoms with Crippen molar-refractivity contribution in [3.05, 3.63) is 65.5 Å². The summed E-state index contributed by atoms with van der Waals surface area (Å²) >= 11 is 0. The Labute approximate surface area is 160 Å². The van der Waals surface area contributed by atoms with E-state index in [4.69, 9.17) is 12.6 Å². The predicted molar refractivity (Wildman–Crippen MR) is 104 cm³/mol. The van der Waals surface area contributed by atoms with Crippen molar-refractivity contribution in [2.75, 3.05) is 0 Å². The van der Waals surface area contributed by atoms with Crippen molar-refractivity contribution in [3.63, 3.8) is 0 Å². The van der Waals surface area contributed by atoms with Crippen LogP contribution in [0.25, 0.3) is 0 Å². The van der Waals surface area contributed by atoms with Crippen LogP contribution in [0.3, 0.4) is 0 Å². The fourth-order valence-electron chi connectivity index (χ4n) is 3.29. The summed E-state index contributed by atoms with van der Waals surface area (Å²) in [5.74, 6) is -0.412. The summed E-state index contributed by atoms with van der Waals surface area (Å²) in [6.45, 7) is 5.01. The van der Waals surface area contributed by atoms with Gasteiger partial charge in [-0.2, -0.15) is 0 Å². The highest BCUT2D eigenvalue weighted by Crippen LogP contribution is 2.38. The molecule has 0 bridgehead atoms. The van der Waals surface area contributed by atoms with Crippen molar-refractivity contribution >= 4 is 29.4 Å². The van der Waals surface area contributed by atoms with Gasteiger partial charge in [0, 0.05) is 5.56 Å². The summed E-state index contributed by atoms with van der Waals surface area (Å²) < 4.78 is 48.0. The van der Waals surface area contributed by atoms with Crippen LogP contribution >= 0.6 is 0 Å². The van der Waals surface area contributed by atoms with E-state index in [2.05, 4.69) is 9.71 Å². The smallest absolute Gasteiger partial charge is 0.299 e. The first-order valence-corrected chi connectivity index (χ1v) is 10.0. The van der Waals surface area contributed by atoms with Gasteiger partial charge in [0.1, 0.15) is 24.5 Å². The highest BCUT2D eigenvalue weighted by molar-refractivity contribution is 7.90. The van der Waals surface area contributed by atoms with Crippen molar-refractivity contribution in [2.45, 2.75) is 37.7 Å². The number of rotatable bonds is 3. The molecule has 1 fully saturated rings. The van der Waals surface area contributed by atoms with Crippen molar-refractivity contribution in [2.24, 2.45) is 4.99 Å². The Kier molecular flexibility index (Phi) is 5.03. The standard InChI is InChI=1S/C19H20BFN2O3S/c1-12(15-9-4-5-10-16(15)21)22-18-23-27(24,25)17(19(2,3)26-18)13-7-6-8-14(20)11-13/h4-12,17H,1-3H3,(H,22,23). The first-order valence-electron chi connectivity index (χ1n) is 8.48. The molecule has 2 aromatic carbocycles. The molecule has 1 aliphatic rings. The van der Waals surface area contributed by atoms with Crippen LogP contribution in [0.1, 0.15) is 43.2 Å². The van der Waals surface area contributed by atoms with Crippen LogP contribution in [0.15, 0.2) is 53.5 Å². The quantitative estimate of drug-likeness (QED) is 0.825. The van der Waals surface area contributed by atoms with Crippen LogP contribution in [0, 0.1) is 5.82 Å². The lowest BCUT2D eigenvalue weighted by Gasteiger charge is -2.39. The lowest BCUT2D eigenvalue weighted by molar-refractivity contribution is 0.0762. The minimum absolute atomic E-state index is 0.157. The van der Waals surface area contributed by atoms with Gasteiger partial charge in [-0.15, -0.1) is 0 Å². The molecule has 2 atom stereocenters. The number of amidine groups is 1. The van der Waals surface area contributed by atoms with E-state index < -0.39 is 32.7 Å². The third-order valence-corrected chi connectivity index (χ3v) is 6.33. The number of sulfonamides is 1. The molecule has 140 valence electrons. The molecule has 2 radical (unpaired) electrons. The largest absolute Gasteiger partial charge is 0.457 e. The lowest BCUT2D eigenvalue weighted by Crippen LogP contribution is -2.53. The van der Waals surface area contributed by atoms with Gasteiger partial charge in [-0.3, -0.25) is 0 Å². The molecule has 1 saturated heterocycles. The number of aliphatic imine (C=N–C) groups is 1. The van der Waals surface area contributed by atoms with Gasteiger partial charge in [-0.1, -0.05) is 47.9 Å². The van der Waals surface area contributed by atoms with Crippen molar-refractivity contribution < 1.29 is 17.5 Å². The number of hydrogen-bond donors (Lipinski definition) is 1. The number of halogens is 1. The van der Waals surface area contributed by atoms with Crippen molar-refractivity contribution in [1.29, 1.82) is 0 Å². The second-order valence-corrected chi connectivity index (χ2v) is 8.80. The molecule has 5 nitrogen and oxygen atoms in total. The van der Waals surface area contributed by atoms with Crippen molar-refractivity contribution in [3.8, 4) is 0 Å². The Balaban J connectivity index is 1.95. The van der Waals surface area contributed by atoms with E-state index in [9.17, 15) is 12.8 Å². The van der Waals surface area contributed by atoms with Gasteiger partial charge in [-0.25, -0.2) is 22.5 Å². The molecular weight excluding hydrogens is 366 g/mol. The van der Waals surface area contributed by atoms with Gasteiger partial charge in [0.2, 0.25) is 10.0 Å². The SMILES string of the molecule is [B]c1cccc(C2C(C)(C)OC(=NC(C)c3ccccc3F)NS2(=O)=O)c1. The lowest BCUT2D eigenvalue weighted by atomic mass is 9.90. The summed E-state index contributed by atoms with van der Waals surface area (Å²) in [6, 6.07) is 12.1. The minimum Gasteiger partial charge on any atom is -0.457 e. The Bertz CT molecular complexity index is 992. The Morgan fingerprint density at radius 3 is 2.56 bits per heavy atom. The van der Waals surface area contributed by atoms with Gasteiger partial charge in [0.05, 0.1) is 6.04 Å². The van der Waals surface area contributed by atoms with E-state index in [0.29, 0.717) is 16.6 Å². The van der Waals surface area contributed by atoms with Crippen molar-refractivity contribution in [1.82, 2.24) is 4.72 Å². The molecule has 27 heavy (non-hydrogen) atoms. The monoisotopic (exact) mass is 386 g/mol. The molecule has 0 spiro atoms. The molecule has 8 heteroatoms. The van der Waals surface area contributed by atoms with E-state index in [-0.39, 0.29) is 6.02 Å². The molecule has 3 rings (SSSR count). The molecule has 0 aliphatic carbocycles. The normalized spacial score (nSPS) is 23.3. The number of benzene rings is 2. The average Bonchev–Trinajstić information content (AvgIpc) is 2.52. The van der Waals surface area contributed by atoms with E-state index in [1.165, 1.54) is 6.07 Å². The highest BCUT2D eigenvalue weighted by Gasteiger charge is 2.48. The third kappa shape index (κ3) is 4.00. The van der Waals surface area contributed by atoms with Crippen LogP contribution in [-0.4, -0.2) is 27.9 Å². The number of ether oxygens (including phenoxy) is 1. The average molecular weight is 386 g/mol. The predicted octanol–water partition coefficient (Wildman–Crippen LogP) is 2.51. The number of nitrogens with one attached hydrogen (secondary N) is 1. The molecular formula is C19H20BFN2O3S. The Hall–Kier alpha value is -2.35. The van der Waals surface area contributed by atoms with Gasteiger partial charge in [-0.05, 0) is 32.4 Å². The Morgan fingerprint density at radius 1 is 1.22 bits per heavy atom. The maximum Gasteiger partial charge on any atom is 0.299 e. The van der Waals surface area contributed by atoms with Crippen LogP contribution in [0.5, 0.6) is 0 Å². The van der Waals surface area contributed by atoms with Gasteiger partial charge in [0.15, 0.2) is 0 Å². The number of hydrogen-bond acceptors (Lipinski definition) is 4. The van der Waals surface area contributed by atoms with Crippen LogP contribution < -0.4 is 10.2 Å². The molecule has 0 aromatic heterocycles. The van der Waals surface area contributed by atoms with Gasteiger partial charge < -0.3 is 4.74 Å². The zero-order valence-corrected chi connectivity index (χ0v) is 16.1. The maximum absolute atomic E-state index is 14.0. The first-order chi connectivity index (χ1) is 12.6. The highest BCUT2D eigenvalue weighted by atomic mass is 32.2. The number of nitrogens with zero attached hydrogens (tertiary/aromatic N) is 1. The van der Waals surface area contributed by atoms with Crippen LogP contribution in [-0.2, 0) is 14.8 Å². The maximum atomic E-state index is 14.0. The van der Waals surface area contributed by atoms with Gasteiger partial charge >= 0.3 is 0 Å². The minimum atomic E-state index is -3.84. The first kappa shape index (κ1) is 19.4. The molecule has 1 heterocycles. The zero-order chi connectivity index (χ0) is 19.8. The van der Waals surface area contributed by atoms with E-state index in [1.807, 2.05) is 0 Å². The summed E-state index contributed by atoms with van der Waals surface area (Å²) in [5.41, 5.74) is 0.231. The molecule has 2 unspecified atom stereocenters. The summed E-state index contributed by atoms with van der Waals surface area (Å²) in [5, 5.41) is -0.976. The summed E-state index contributed by atoms with van der Waals surface area (Å²) in [7, 11) is 1.96. The second kappa shape index (κ2) is 7.00. The molecule has 2 aromatic rings. The van der Waals surface area contributed by atoms with E-state index in [0.717, 1.165) is 0 Å². The molecule has 1 N–H and O–H groups in total. The van der Waals surface area contributed by atoms with Crippen LogP contribution in [0.4, 0.5) is 4.39 Å².